The van der Waals surface area contributed by atoms with Crippen molar-refractivity contribution in [1.82, 2.24) is 15.2 Å². The van der Waals surface area contributed by atoms with Crippen molar-refractivity contribution in [1.29, 1.82) is 5.26 Å². The molecule has 6 heteroatoms. The second kappa shape index (κ2) is 10.8. The number of hydrogen-bond acceptors (Lipinski definition) is 4. The molecule has 0 unspecified atom stereocenters. The minimum atomic E-state index is -0.717. The number of urea groups is 1. The number of likely N-dealkylation sites (tertiary alicyclic amines) is 1. The SMILES string of the molecule is Cc1cc(NC(=O)N[C@@H]2CCN(CCC(C#N)(c3ccccc3)c3ccccc3)C2)c2ccccc2n1. The third kappa shape index (κ3) is 5.32. The van der Waals surface area contributed by atoms with Crippen LogP contribution in [0.3, 0.4) is 0 Å². The van der Waals surface area contributed by atoms with Gasteiger partial charge in [-0.2, -0.15) is 5.26 Å². The molecule has 0 bridgehead atoms. The topological polar surface area (TPSA) is 81.0 Å². The average molecular weight is 490 g/mol. The summed E-state index contributed by atoms with van der Waals surface area (Å²) in [5.74, 6) is 0. The molecule has 2 amide bonds. The molecule has 0 radical (unpaired) electrons. The molecule has 1 fully saturated rings. The quantitative estimate of drug-likeness (QED) is 0.352. The zero-order valence-electron chi connectivity index (χ0n) is 21.0. The van der Waals surface area contributed by atoms with Gasteiger partial charge in [0.05, 0.1) is 17.3 Å². The molecule has 1 aliphatic heterocycles. The summed E-state index contributed by atoms with van der Waals surface area (Å²) in [5, 5.41) is 17.5. The van der Waals surface area contributed by atoms with E-state index in [2.05, 4.69) is 26.6 Å². The number of rotatable bonds is 7. The molecular weight excluding hydrogens is 458 g/mol. The van der Waals surface area contributed by atoms with Crippen molar-refractivity contribution in [3.05, 3.63) is 108 Å². The van der Waals surface area contributed by atoms with Gasteiger partial charge in [-0.1, -0.05) is 78.9 Å². The molecule has 0 saturated carbocycles. The second-order valence-corrected chi connectivity index (χ2v) is 9.71. The first-order chi connectivity index (χ1) is 18.1. The zero-order chi connectivity index (χ0) is 25.7. The summed E-state index contributed by atoms with van der Waals surface area (Å²) in [6.45, 7) is 4.34. The Morgan fingerprint density at radius 1 is 1.03 bits per heavy atom. The van der Waals surface area contributed by atoms with E-state index < -0.39 is 5.41 Å². The molecular formula is C31H31N5O. The summed E-state index contributed by atoms with van der Waals surface area (Å²) in [6, 6.07) is 32.3. The minimum Gasteiger partial charge on any atom is -0.334 e. The number of carbonyl (C=O) groups is 1. The molecule has 37 heavy (non-hydrogen) atoms. The summed E-state index contributed by atoms with van der Waals surface area (Å²) < 4.78 is 0. The van der Waals surface area contributed by atoms with Gasteiger partial charge in [0.2, 0.25) is 0 Å². The van der Waals surface area contributed by atoms with Crippen LogP contribution < -0.4 is 10.6 Å². The van der Waals surface area contributed by atoms with Gasteiger partial charge in [-0.05, 0) is 43.0 Å². The Bertz CT molecular complexity index is 1370. The van der Waals surface area contributed by atoms with Crippen molar-refractivity contribution in [3.63, 3.8) is 0 Å². The van der Waals surface area contributed by atoms with E-state index in [4.69, 9.17) is 0 Å². The maximum absolute atomic E-state index is 12.9. The summed E-state index contributed by atoms with van der Waals surface area (Å²) in [5.41, 5.74) is 3.79. The van der Waals surface area contributed by atoms with E-state index >= 15 is 0 Å². The highest BCUT2D eigenvalue weighted by molar-refractivity contribution is 6.00. The number of nitrogens with one attached hydrogen (secondary N) is 2. The monoisotopic (exact) mass is 489 g/mol. The molecule has 1 aliphatic rings. The van der Waals surface area contributed by atoms with E-state index in [0.29, 0.717) is 6.42 Å². The van der Waals surface area contributed by atoms with Crippen molar-refractivity contribution >= 4 is 22.6 Å². The lowest BCUT2D eigenvalue weighted by molar-refractivity contribution is 0.247. The van der Waals surface area contributed by atoms with Crippen LogP contribution in [0.4, 0.5) is 10.5 Å². The van der Waals surface area contributed by atoms with Crippen LogP contribution in [0.25, 0.3) is 10.9 Å². The number of pyridine rings is 1. The van der Waals surface area contributed by atoms with Crippen molar-refractivity contribution in [2.24, 2.45) is 0 Å². The normalized spacial score (nSPS) is 15.8. The van der Waals surface area contributed by atoms with Crippen molar-refractivity contribution in [3.8, 4) is 6.07 Å². The van der Waals surface area contributed by atoms with E-state index in [1.165, 1.54) is 0 Å². The lowest BCUT2D eigenvalue weighted by atomic mass is 9.73. The fourth-order valence-corrected chi connectivity index (χ4v) is 5.32. The van der Waals surface area contributed by atoms with Crippen LogP contribution in [0.15, 0.2) is 91.0 Å². The van der Waals surface area contributed by atoms with Crippen molar-refractivity contribution in [2.75, 3.05) is 25.0 Å². The van der Waals surface area contributed by atoms with Gasteiger partial charge in [-0.15, -0.1) is 0 Å². The molecule has 0 spiro atoms. The van der Waals surface area contributed by atoms with Crippen LogP contribution >= 0.6 is 0 Å². The van der Waals surface area contributed by atoms with Gasteiger partial charge >= 0.3 is 6.03 Å². The van der Waals surface area contributed by atoms with Gasteiger partial charge < -0.3 is 15.5 Å². The predicted molar refractivity (Wildman–Crippen MR) is 147 cm³/mol. The number of benzene rings is 3. The van der Waals surface area contributed by atoms with Crippen LogP contribution in [-0.2, 0) is 5.41 Å². The van der Waals surface area contributed by atoms with Gasteiger partial charge in [0, 0.05) is 36.8 Å². The number of hydrogen-bond donors (Lipinski definition) is 2. The maximum Gasteiger partial charge on any atom is 0.319 e. The molecule has 2 N–H and O–H groups in total. The Morgan fingerprint density at radius 2 is 1.68 bits per heavy atom. The number of fused-ring (bicyclic) bond motifs is 1. The maximum atomic E-state index is 12.9. The van der Waals surface area contributed by atoms with Gasteiger partial charge in [0.1, 0.15) is 5.41 Å². The van der Waals surface area contributed by atoms with E-state index in [0.717, 1.165) is 59.5 Å². The Kier molecular flexibility index (Phi) is 7.16. The molecule has 6 nitrogen and oxygen atoms in total. The summed E-state index contributed by atoms with van der Waals surface area (Å²) in [6.07, 6.45) is 1.55. The largest absolute Gasteiger partial charge is 0.334 e. The van der Waals surface area contributed by atoms with Crippen LogP contribution in [0.5, 0.6) is 0 Å². The lowest BCUT2D eigenvalue weighted by Gasteiger charge is -2.30. The first kappa shape index (κ1) is 24.5. The molecule has 0 aliphatic carbocycles. The molecule has 2 heterocycles. The summed E-state index contributed by atoms with van der Waals surface area (Å²) >= 11 is 0. The van der Waals surface area contributed by atoms with Gasteiger partial charge in [0.25, 0.3) is 0 Å². The van der Waals surface area contributed by atoms with Gasteiger partial charge in [-0.25, -0.2) is 4.79 Å². The molecule has 186 valence electrons. The average Bonchev–Trinajstić information content (AvgIpc) is 3.37. The number of nitriles is 1. The Labute approximate surface area is 218 Å². The van der Waals surface area contributed by atoms with Crippen LogP contribution in [0, 0.1) is 18.3 Å². The fourth-order valence-electron chi connectivity index (χ4n) is 5.32. The summed E-state index contributed by atoms with van der Waals surface area (Å²) in [7, 11) is 0. The first-order valence-corrected chi connectivity index (χ1v) is 12.8. The fraction of sp³-hybridized carbons (Fsp3) is 0.258. The van der Waals surface area contributed by atoms with Gasteiger partial charge in [0.15, 0.2) is 0 Å². The Balaban J connectivity index is 1.23. The van der Waals surface area contributed by atoms with Crippen molar-refractivity contribution < 1.29 is 4.79 Å². The molecule has 5 rings (SSSR count). The number of aromatic nitrogens is 1. The lowest BCUT2D eigenvalue weighted by Crippen LogP contribution is -2.40. The number of aryl methyl sites for hydroxylation is 1. The summed E-state index contributed by atoms with van der Waals surface area (Å²) in [4.78, 5) is 19.7. The van der Waals surface area contributed by atoms with Crippen molar-refractivity contribution in [2.45, 2.75) is 31.2 Å². The second-order valence-electron chi connectivity index (χ2n) is 9.71. The molecule has 1 aromatic heterocycles. The number of para-hydroxylation sites is 1. The van der Waals surface area contributed by atoms with E-state index in [1.807, 2.05) is 97.9 Å². The number of amides is 2. The van der Waals surface area contributed by atoms with Crippen LogP contribution in [0.1, 0.15) is 29.7 Å². The van der Waals surface area contributed by atoms with Gasteiger partial charge in [-0.3, -0.25) is 4.98 Å². The third-order valence-corrected chi connectivity index (χ3v) is 7.23. The zero-order valence-corrected chi connectivity index (χ0v) is 21.0. The van der Waals surface area contributed by atoms with Crippen LogP contribution in [-0.4, -0.2) is 41.6 Å². The van der Waals surface area contributed by atoms with E-state index in [9.17, 15) is 10.1 Å². The third-order valence-electron chi connectivity index (χ3n) is 7.23. The molecule has 1 saturated heterocycles. The number of nitrogens with zero attached hydrogens (tertiary/aromatic N) is 3. The highest BCUT2D eigenvalue weighted by Gasteiger charge is 2.35. The predicted octanol–water partition coefficient (Wildman–Crippen LogP) is 5.64. The minimum absolute atomic E-state index is 0.0548. The molecule has 3 aromatic carbocycles. The molecule has 1 atom stereocenters. The number of carbonyl (C=O) groups excluding carboxylic acids is 1. The Hall–Kier alpha value is -4.21. The molecule has 4 aromatic rings. The van der Waals surface area contributed by atoms with E-state index in [1.54, 1.807) is 0 Å². The number of anilines is 1. The highest BCUT2D eigenvalue weighted by Crippen LogP contribution is 2.35. The van der Waals surface area contributed by atoms with E-state index in [-0.39, 0.29) is 12.1 Å². The Morgan fingerprint density at radius 3 is 2.35 bits per heavy atom. The highest BCUT2D eigenvalue weighted by atomic mass is 16.2. The first-order valence-electron chi connectivity index (χ1n) is 12.8. The standard InChI is InChI=1S/C31H31N5O/c1-23-20-29(27-14-8-9-15-28(27)33-23)35-30(37)34-26-16-18-36(21-26)19-17-31(22-32,24-10-4-2-5-11-24)25-12-6-3-7-13-25/h2-15,20,26H,16-19,21H2,1H3,(H2,33,34,35,37)/t26-/m1/s1. The van der Waals surface area contributed by atoms with Crippen LogP contribution in [0.2, 0.25) is 0 Å². The smallest absolute Gasteiger partial charge is 0.319 e.